The van der Waals surface area contributed by atoms with Gasteiger partial charge in [0, 0.05) is 0 Å². The van der Waals surface area contributed by atoms with E-state index in [0.717, 1.165) is 6.42 Å². The number of carbonyl (C=O) groups excluding carboxylic acids is 1. The highest BCUT2D eigenvalue weighted by Crippen LogP contribution is 2.39. The monoisotopic (exact) mass is 546 g/mol. The molecule has 0 N–H and O–H groups in total. The smallest absolute Gasteiger partial charge is 0.280 e. The van der Waals surface area contributed by atoms with Crippen LogP contribution in [0.3, 0.4) is 0 Å². The third kappa shape index (κ3) is 4.66. The molecule has 0 spiro atoms. The molecule has 1 atom stereocenters. The highest BCUT2D eigenvalue weighted by Gasteiger charge is 2.37. The van der Waals surface area contributed by atoms with Gasteiger partial charge in [-0.05, 0) is 66.9 Å². The van der Waals surface area contributed by atoms with Gasteiger partial charge < -0.3 is 9.47 Å². The molecule has 182 valence electrons. The number of amides is 1. The van der Waals surface area contributed by atoms with Gasteiger partial charge >= 0.3 is 0 Å². The summed E-state index contributed by atoms with van der Waals surface area (Å²) < 4.78 is 81.2. The predicted octanol–water partition coefficient (Wildman–Crippen LogP) is 6.53. The minimum atomic E-state index is -2.32. The lowest BCUT2D eigenvalue weighted by atomic mass is 10.1. The van der Waals surface area contributed by atoms with Crippen LogP contribution in [0.25, 0.3) is 6.08 Å². The summed E-state index contributed by atoms with van der Waals surface area (Å²) in [5.41, 5.74) is -1.08. The number of hydrazone groups is 1. The van der Waals surface area contributed by atoms with Crippen molar-refractivity contribution in [3.63, 3.8) is 0 Å². The van der Waals surface area contributed by atoms with Crippen molar-refractivity contribution >= 4 is 39.3 Å². The molecule has 0 saturated carbocycles. The third-order valence-electron chi connectivity index (χ3n) is 5.00. The van der Waals surface area contributed by atoms with Gasteiger partial charge in [-0.2, -0.15) is 10.1 Å². The van der Waals surface area contributed by atoms with Crippen molar-refractivity contribution in [2.45, 2.75) is 40.2 Å². The Morgan fingerprint density at radius 1 is 1.06 bits per heavy atom. The number of carbonyl (C=O) groups is 1. The fraction of sp³-hybridized carbons (Fsp3) is 0.304. The molecule has 2 aromatic rings. The van der Waals surface area contributed by atoms with Gasteiger partial charge in [0.1, 0.15) is 5.69 Å². The van der Waals surface area contributed by atoms with Crippen LogP contribution in [-0.2, 0) is 4.79 Å². The summed E-state index contributed by atoms with van der Waals surface area (Å²) in [6, 6.07) is 3.23. The number of anilines is 1. The van der Waals surface area contributed by atoms with Crippen LogP contribution in [0, 0.1) is 29.1 Å². The average molecular weight is 547 g/mol. The zero-order valence-corrected chi connectivity index (χ0v) is 20.2. The van der Waals surface area contributed by atoms with Crippen LogP contribution >= 0.6 is 15.9 Å². The normalized spacial score (nSPS) is 15.7. The van der Waals surface area contributed by atoms with Crippen molar-refractivity contribution < 1.29 is 36.2 Å². The summed E-state index contributed by atoms with van der Waals surface area (Å²) in [6.07, 6.45) is 2.02. The van der Waals surface area contributed by atoms with Crippen molar-refractivity contribution in [1.29, 1.82) is 0 Å². The summed E-state index contributed by atoms with van der Waals surface area (Å²) in [7, 11) is 0. The lowest BCUT2D eigenvalue weighted by Crippen LogP contribution is -2.25. The summed E-state index contributed by atoms with van der Waals surface area (Å²) in [6.45, 7) is 7.33. The first-order chi connectivity index (χ1) is 16.0. The molecule has 11 heteroatoms. The lowest BCUT2D eigenvalue weighted by molar-refractivity contribution is -0.114. The Kier molecular flexibility index (Phi) is 7.64. The van der Waals surface area contributed by atoms with Gasteiger partial charge in [-0.3, -0.25) is 4.79 Å². The van der Waals surface area contributed by atoms with Crippen molar-refractivity contribution in [2.75, 3.05) is 11.6 Å². The molecule has 3 rings (SSSR count). The topological polar surface area (TPSA) is 51.1 Å². The summed E-state index contributed by atoms with van der Waals surface area (Å²) in [5, 5.41) is 3.89. The molecule has 1 aliphatic heterocycles. The molecule has 34 heavy (non-hydrogen) atoms. The second-order valence-corrected chi connectivity index (χ2v) is 8.23. The van der Waals surface area contributed by atoms with E-state index in [4.69, 9.17) is 9.47 Å². The first-order valence-corrected chi connectivity index (χ1v) is 11.1. The number of hydrogen-bond acceptors (Lipinski definition) is 4. The number of halogens is 6. The molecule has 0 fully saturated rings. The molecule has 0 aliphatic carbocycles. The number of benzene rings is 2. The second kappa shape index (κ2) is 10.1. The van der Waals surface area contributed by atoms with E-state index in [-0.39, 0.29) is 22.4 Å². The highest BCUT2D eigenvalue weighted by molar-refractivity contribution is 9.10. The van der Waals surface area contributed by atoms with Crippen molar-refractivity contribution in [1.82, 2.24) is 0 Å². The van der Waals surface area contributed by atoms with Gasteiger partial charge in [-0.25, -0.2) is 22.0 Å². The van der Waals surface area contributed by atoms with Gasteiger partial charge in [-0.1, -0.05) is 6.92 Å². The zero-order chi connectivity index (χ0) is 25.3. The van der Waals surface area contributed by atoms with Gasteiger partial charge in [0.25, 0.3) is 5.91 Å². The van der Waals surface area contributed by atoms with E-state index in [0.29, 0.717) is 28.1 Å². The van der Waals surface area contributed by atoms with Gasteiger partial charge in [0.15, 0.2) is 34.8 Å². The summed E-state index contributed by atoms with van der Waals surface area (Å²) >= 11 is 3.42. The Morgan fingerprint density at radius 2 is 1.65 bits per heavy atom. The molecule has 5 nitrogen and oxygen atoms in total. The number of ether oxygens (including phenoxy) is 2. The molecule has 0 bridgehead atoms. The predicted molar refractivity (Wildman–Crippen MR) is 120 cm³/mol. The Morgan fingerprint density at radius 3 is 2.21 bits per heavy atom. The minimum absolute atomic E-state index is 0.0166. The van der Waals surface area contributed by atoms with Crippen LogP contribution in [0.5, 0.6) is 11.5 Å². The molecule has 0 aromatic heterocycles. The molecule has 1 aliphatic rings. The molecule has 2 aromatic carbocycles. The molecule has 1 amide bonds. The van der Waals surface area contributed by atoms with Crippen molar-refractivity contribution in [3.05, 3.63) is 56.8 Å². The maximum atomic E-state index is 14.2. The standard InChI is InChI=1S/C23H20BrF5N2O3/c1-5-10(3)34-22-14(24)8-12(9-15(22)33-6-2)7-13-11(4)30-31(23(13)32)21-19(28)17(26)16(25)18(27)20(21)29/h7-10H,5-6H2,1-4H3/b13-7-/t10-/m0/s1. The van der Waals surface area contributed by atoms with E-state index in [1.54, 1.807) is 19.1 Å². The van der Waals surface area contributed by atoms with Crippen LogP contribution in [-0.4, -0.2) is 24.3 Å². The van der Waals surface area contributed by atoms with Crippen LogP contribution < -0.4 is 14.5 Å². The Balaban J connectivity index is 2.05. The molecular weight excluding hydrogens is 527 g/mol. The van der Waals surface area contributed by atoms with E-state index in [9.17, 15) is 26.7 Å². The van der Waals surface area contributed by atoms with Gasteiger partial charge in [0.05, 0.1) is 28.5 Å². The fourth-order valence-corrected chi connectivity index (χ4v) is 3.67. The SMILES string of the molecule is CCOc1cc(/C=C2\C(=O)N(c3c(F)c(F)c(F)c(F)c3F)N=C2C)cc(Br)c1O[C@@H](C)CC. The molecule has 1 heterocycles. The van der Waals surface area contributed by atoms with E-state index in [1.807, 2.05) is 13.8 Å². The van der Waals surface area contributed by atoms with E-state index >= 15 is 0 Å². The van der Waals surface area contributed by atoms with E-state index < -0.39 is 40.7 Å². The Hall–Kier alpha value is -2.95. The first-order valence-electron chi connectivity index (χ1n) is 10.3. The number of hydrogen-bond donors (Lipinski definition) is 0. The average Bonchev–Trinajstić information content (AvgIpc) is 3.06. The quantitative estimate of drug-likeness (QED) is 0.172. The molecule has 0 unspecified atom stereocenters. The van der Waals surface area contributed by atoms with E-state index in [1.165, 1.54) is 13.0 Å². The Labute approximate surface area is 201 Å². The van der Waals surface area contributed by atoms with Crippen molar-refractivity contribution in [2.24, 2.45) is 5.10 Å². The molecule has 0 saturated heterocycles. The van der Waals surface area contributed by atoms with Crippen molar-refractivity contribution in [3.8, 4) is 11.5 Å². The largest absolute Gasteiger partial charge is 0.490 e. The van der Waals surface area contributed by atoms with Gasteiger partial charge in [0.2, 0.25) is 5.82 Å². The first kappa shape index (κ1) is 25.7. The molecular formula is C23H20BrF5N2O3. The lowest BCUT2D eigenvalue weighted by Gasteiger charge is -2.18. The summed E-state index contributed by atoms with van der Waals surface area (Å²) in [4.78, 5) is 12.9. The third-order valence-corrected chi connectivity index (χ3v) is 5.59. The second-order valence-electron chi connectivity index (χ2n) is 7.38. The van der Waals surface area contributed by atoms with Crippen LogP contribution in [0.1, 0.15) is 39.7 Å². The number of nitrogens with zero attached hydrogens (tertiary/aromatic N) is 2. The van der Waals surface area contributed by atoms with Crippen LogP contribution in [0.2, 0.25) is 0 Å². The maximum absolute atomic E-state index is 14.2. The molecule has 0 radical (unpaired) electrons. The highest BCUT2D eigenvalue weighted by atomic mass is 79.9. The summed E-state index contributed by atoms with van der Waals surface area (Å²) in [5.74, 6) is -11.2. The van der Waals surface area contributed by atoms with Gasteiger partial charge in [-0.15, -0.1) is 0 Å². The van der Waals surface area contributed by atoms with Crippen LogP contribution in [0.15, 0.2) is 27.3 Å². The van der Waals surface area contributed by atoms with Crippen LogP contribution in [0.4, 0.5) is 27.6 Å². The fourth-order valence-electron chi connectivity index (χ4n) is 3.11. The minimum Gasteiger partial charge on any atom is -0.490 e. The van der Waals surface area contributed by atoms with E-state index in [2.05, 4.69) is 21.0 Å². The Bertz CT molecular complexity index is 1190. The maximum Gasteiger partial charge on any atom is 0.280 e. The zero-order valence-electron chi connectivity index (χ0n) is 18.6. The number of rotatable bonds is 7.